The Kier molecular flexibility index (Phi) is 6.03. The third-order valence-electron chi connectivity index (χ3n) is 6.98. The molecule has 1 aromatic carbocycles. The standard InChI is InChI=1S/C25H28N6O3.H2O/c1-23(2,33)20-11-28-21(12-27-20)31-15-25(34-22(31)32)8-4-7-24(3,13-25)14-30-16-29-18-6-5-17(10-26)9-19(18)30;/h5-6,9,11-12,16,33H,4,7-8,13-15H2,1-3H3;1H2/t24-,25-;/m0./s1. The minimum atomic E-state index is -1.10. The zero-order valence-electron chi connectivity index (χ0n) is 20.2. The van der Waals surface area contributed by atoms with Crippen molar-refractivity contribution in [3.63, 3.8) is 0 Å². The monoisotopic (exact) mass is 478 g/mol. The number of amides is 1. The molecule has 1 aliphatic heterocycles. The van der Waals surface area contributed by atoms with Crippen molar-refractivity contribution < 1.29 is 20.1 Å². The van der Waals surface area contributed by atoms with Crippen LogP contribution in [-0.2, 0) is 16.9 Å². The highest BCUT2D eigenvalue weighted by Gasteiger charge is 2.52. The van der Waals surface area contributed by atoms with E-state index in [4.69, 9.17) is 4.74 Å². The Bertz CT molecular complexity index is 1290. The summed E-state index contributed by atoms with van der Waals surface area (Å²) in [6.07, 6.45) is 7.88. The Hall–Kier alpha value is -3.55. The molecule has 1 aliphatic carbocycles. The fraction of sp³-hybridized carbons (Fsp3) is 0.480. The number of anilines is 1. The molecule has 0 unspecified atom stereocenters. The molecule has 1 saturated carbocycles. The quantitative estimate of drug-likeness (QED) is 0.605. The first-order valence-corrected chi connectivity index (χ1v) is 11.5. The van der Waals surface area contributed by atoms with Gasteiger partial charge in [0.1, 0.15) is 11.2 Å². The molecule has 3 aromatic rings. The Morgan fingerprint density at radius 1 is 1.23 bits per heavy atom. The van der Waals surface area contributed by atoms with Crippen LogP contribution in [0.15, 0.2) is 36.9 Å². The van der Waals surface area contributed by atoms with Crippen LogP contribution in [0.1, 0.15) is 57.7 Å². The number of benzene rings is 1. The minimum Gasteiger partial charge on any atom is -0.441 e. The largest absolute Gasteiger partial charge is 0.441 e. The predicted molar refractivity (Wildman–Crippen MR) is 128 cm³/mol. The SMILES string of the molecule is CC(C)(O)c1cnc(N2C[C@@]3(CCC[C@](C)(Cn4cnc5ccc(C#N)cc54)C3)OC2=O)cn1.O. The second kappa shape index (κ2) is 8.59. The van der Waals surface area contributed by atoms with Crippen LogP contribution in [0.3, 0.4) is 0 Å². The molecule has 1 saturated heterocycles. The summed E-state index contributed by atoms with van der Waals surface area (Å²) in [4.78, 5) is 27.5. The van der Waals surface area contributed by atoms with Gasteiger partial charge in [0.25, 0.3) is 0 Å². The van der Waals surface area contributed by atoms with Crippen molar-refractivity contribution in [3.05, 3.63) is 48.2 Å². The van der Waals surface area contributed by atoms with Crippen LogP contribution in [-0.4, -0.2) is 48.3 Å². The van der Waals surface area contributed by atoms with Gasteiger partial charge in [-0.1, -0.05) is 6.92 Å². The van der Waals surface area contributed by atoms with Crippen LogP contribution < -0.4 is 4.90 Å². The van der Waals surface area contributed by atoms with Crippen LogP contribution in [0.5, 0.6) is 0 Å². The van der Waals surface area contributed by atoms with E-state index in [1.165, 1.54) is 12.4 Å². The Labute approximate surface area is 203 Å². The van der Waals surface area contributed by atoms with Crippen molar-refractivity contribution in [1.82, 2.24) is 19.5 Å². The number of aromatic nitrogens is 4. The maximum Gasteiger partial charge on any atom is 0.416 e. The highest BCUT2D eigenvalue weighted by atomic mass is 16.6. The van der Waals surface area contributed by atoms with E-state index in [1.54, 1.807) is 24.8 Å². The number of nitrogens with zero attached hydrogens (tertiary/aromatic N) is 6. The summed E-state index contributed by atoms with van der Waals surface area (Å²) >= 11 is 0. The predicted octanol–water partition coefficient (Wildman–Crippen LogP) is 3.08. The average Bonchev–Trinajstić information content (AvgIpc) is 3.32. The van der Waals surface area contributed by atoms with Crippen molar-refractivity contribution in [1.29, 1.82) is 5.26 Å². The van der Waals surface area contributed by atoms with E-state index in [-0.39, 0.29) is 10.9 Å². The highest BCUT2D eigenvalue weighted by molar-refractivity contribution is 5.89. The van der Waals surface area contributed by atoms with Gasteiger partial charge in [-0.15, -0.1) is 0 Å². The maximum atomic E-state index is 12.8. The van der Waals surface area contributed by atoms with Crippen LogP contribution in [0.4, 0.5) is 10.6 Å². The van der Waals surface area contributed by atoms with E-state index < -0.39 is 17.3 Å². The Balaban J connectivity index is 0.00000289. The van der Waals surface area contributed by atoms with E-state index in [1.807, 2.05) is 18.5 Å². The van der Waals surface area contributed by atoms with Gasteiger partial charge in [0.2, 0.25) is 0 Å². The summed E-state index contributed by atoms with van der Waals surface area (Å²) in [6, 6.07) is 7.72. The molecule has 2 aromatic heterocycles. The minimum absolute atomic E-state index is 0. The Morgan fingerprint density at radius 2 is 2.03 bits per heavy atom. The fourth-order valence-electron chi connectivity index (χ4n) is 5.39. The molecule has 2 aliphatic rings. The first kappa shape index (κ1) is 24.6. The lowest BCUT2D eigenvalue weighted by atomic mass is 9.68. The number of ether oxygens (including phenoxy) is 1. The summed E-state index contributed by atoms with van der Waals surface area (Å²) in [5, 5.41) is 19.4. The molecule has 2 atom stereocenters. The summed E-state index contributed by atoms with van der Waals surface area (Å²) in [7, 11) is 0. The number of hydrogen-bond donors (Lipinski definition) is 1. The summed E-state index contributed by atoms with van der Waals surface area (Å²) in [5.41, 5.74) is 1.05. The van der Waals surface area contributed by atoms with Crippen LogP contribution in [0.25, 0.3) is 11.0 Å². The van der Waals surface area contributed by atoms with Crippen LogP contribution in [0, 0.1) is 16.7 Å². The maximum absolute atomic E-state index is 12.8. The third-order valence-corrected chi connectivity index (χ3v) is 6.98. The average molecular weight is 479 g/mol. The Morgan fingerprint density at radius 3 is 2.71 bits per heavy atom. The molecule has 10 nitrogen and oxygen atoms in total. The number of nitriles is 1. The van der Waals surface area contributed by atoms with Crippen LogP contribution >= 0.6 is 0 Å². The molecule has 1 spiro atoms. The van der Waals surface area contributed by atoms with E-state index in [0.29, 0.717) is 23.6 Å². The smallest absolute Gasteiger partial charge is 0.416 e. The zero-order valence-corrected chi connectivity index (χ0v) is 20.2. The normalized spacial score (nSPS) is 24.3. The third kappa shape index (κ3) is 4.57. The first-order valence-electron chi connectivity index (χ1n) is 11.5. The number of hydrogen-bond acceptors (Lipinski definition) is 7. The van der Waals surface area contributed by atoms with Gasteiger partial charge in [0.15, 0.2) is 5.82 Å². The van der Waals surface area contributed by atoms with Crippen LogP contribution in [0.2, 0.25) is 0 Å². The molecule has 3 N–H and O–H groups in total. The van der Waals surface area contributed by atoms with Crippen molar-refractivity contribution >= 4 is 22.9 Å². The van der Waals surface area contributed by atoms with Gasteiger partial charge in [0, 0.05) is 6.54 Å². The molecular weight excluding hydrogens is 448 g/mol. The number of imidazole rings is 1. The van der Waals surface area contributed by atoms with Crippen molar-refractivity contribution in [2.24, 2.45) is 5.41 Å². The van der Waals surface area contributed by atoms with Crippen molar-refractivity contribution in [3.8, 4) is 6.07 Å². The lowest BCUT2D eigenvalue weighted by molar-refractivity contribution is -0.0264. The van der Waals surface area contributed by atoms with Gasteiger partial charge in [-0.3, -0.25) is 9.88 Å². The lowest BCUT2D eigenvalue weighted by Gasteiger charge is -2.43. The van der Waals surface area contributed by atoms with E-state index in [9.17, 15) is 15.2 Å². The second-order valence-corrected chi connectivity index (χ2v) is 10.5. The van der Waals surface area contributed by atoms with E-state index in [0.717, 1.165) is 43.3 Å². The number of rotatable bonds is 4. The molecule has 5 rings (SSSR count). The van der Waals surface area contributed by atoms with Gasteiger partial charge >= 0.3 is 6.09 Å². The van der Waals surface area contributed by atoms with Crippen molar-refractivity contribution in [2.75, 3.05) is 11.4 Å². The van der Waals surface area contributed by atoms with Gasteiger partial charge < -0.3 is 19.9 Å². The summed E-state index contributed by atoms with van der Waals surface area (Å²) < 4.78 is 8.10. The van der Waals surface area contributed by atoms with Gasteiger partial charge in [-0.05, 0) is 63.1 Å². The molecular formula is C25H30N6O4. The molecule has 2 fully saturated rings. The molecule has 35 heavy (non-hydrogen) atoms. The van der Waals surface area contributed by atoms with Gasteiger partial charge in [-0.25, -0.2) is 14.8 Å². The molecule has 0 radical (unpaired) electrons. The fourth-order valence-corrected chi connectivity index (χ4v) is 5.39. The van der Waals surface area contributed by atoms with Crippen molar-refractivity contribution in [2.45, 2.75) is 64.2 Å². The van der Waals surface area contributed by atoms with E-state index in [2.05, 4.69) is 32.5 Å². The lowest BCUT2D eigenvalue weighted by Crippen LogP contribution is -2.45. The second-order valence-electron chi connectivity index (χ2n) is 10.5. The van der Waals surface area contributed by atoms with Gasteiger partial charge in [-0.2, -0.15) is 5.26 Å². The topological polar surface area (TPSA) is 149 Å². The summed E-state index contributed by atoms with van der Waals surface area (Å²) in [6.45, 7) is 6.65. The number of carbonyl (C=O) groups excluding carboxylic acids is 1. The highest BCUT2D eigenvalue weighted by Crippen LogP contribution is 2.47. The number of aliphatic hydroxyl groups is 1. The molecule has 10 heteroatoms. The number of fused-ring (bicyclic) bond motifs is 1. The molecule has 0 bridgehead atoms. The number of carbonyl (C=O) groups is 1. The zero-order chi connectivity index (χ0) is 24.1. The molecule has 1 amide bonds. The molecule has 3 heterocycles. The van der Waals surface area contributed by atoms with E-state index >= 15 is 0 Å². The summed E-state index contributed by atoms with van der Waals surface area (Å²) in [5.74, 6) is 0.423. The first-order chi connectivity index (χ1) is 16.1. The molecule has 184 valence electrons. The van der Waals surface area contributed by atoms with Gasteiger partial charge in [0.05, 0.1) is 53.6 Å².